The molecule has 1 aliphatic heterocycles. The van der Waals surface area contributed by atoms with Gasteiger partial charge < -0.3 is 4.90 Å². The van der Waals surface area contributed by atoms with Crippen LogP contribution in [0, 0.1) is 0 Å². The highest BCUT2D eigenvalue weighted by atomic mass is 35.5. The van der Waals surface area contributed by atoms with Crippen LogP contribution in [-0.2, 0) is 17.8 Å². The molecule has 3 aromatic rings. The molecule has 0 N–H and O–H groups in total. The van der Waals surface area contributed by atoms with Gasteiger partial charge in [0.15, 0.2) is 0 Å². The molecule has 0 atom stereocenters. The Morgan fingerprint density at radius 3 is 1.88 bits per heavy atom. The molecule has 4 rings (SSSR count). The van der Waals surface area contributed by atoms with Crippen molar-refractivity contribution in [2.75, 3.05) is 26.2 Å². The van der Waals surface area contributed by atoms with E-state index in [1.165, 1.54) is 20.9 Å². The van der Waals surface area contributed by atoms with Gasteiger partial charge in [0.25, 0.3) is 0 Å². The molecule has 3 nitrogen and oxygen atoms in total. The van der Waals surface area contributed by atoms with Crippen molar-refractivity contribution >= 4 is 42.5 Å². The number of carbonyl (C=O) groups excluding carboxylic acids is 1. The number of rotatable bonds is 7. The van der Waals surface area contributed by atoms with Crippen LogP contribution < -0.4 is 0 Å². The Labute approximate surface area is 208 Å². The Hall–Kier alpha value is -1.98. The lowest BCUT2D eigenvalue weighted by Crippen LogP contribution is -2.48. The van der Waals surface area contributed by atoms with E-state index >= 15 is 0 Å². The molecule has 170 valence electrons. The van der Waals surface area contributed by atoms with Crippen LogP contribution in [0.4, 0.5) is 0 Å². The molecule has 1 amide bonds. The average molecular weight is 490 g/mol. The molecule has 0 aromatic heterocycles. The second kappa shape index (κ2) is 13.5. The van der Waals surface area contributed by atoms with Crippen LogP contribution in [0.3, 0.4) is 0 Å². The fourth-order valence-corrected chi connectivity index (χ4v) is 4.59. The molecule has 6 heteroatoms. The summed E-state index contributed by atoms with van der Waals surface area (Å²) in [5.74, 6) is 0.275. The van der Waals surface area contributed by atoms with Gasteiger partial charge in [0, 0.05) is 48.9 Å². The molecule has 1 heterocycles. The van der Waals surface area contributed by atoms with Gasteiger partial charge in [-0.2, -0.15) is 0 Å². The van der Waals surface area contributed by atoms with E-state index < -0.39 is 0 Å². The first kappa shape index (κ1) is 26.3. The maximum atomic E-state index is 12.6. The van der Waals surface area contributed by atoms with Gasteiger partial charge in [-0.05, 0) is 41.8 Å². The van der Waals surface area contributed by atoms with Crippen molar-refractivity contribution in [1.82, 2.24) is 9.80 Å². The van der Waals surface area contributed by atoms with Crippen LogP contribution in [0.2, 0.25) is 0 Å². The molecular weight excluding hydrogens is 459 g/mol. The van der Waals surface area contributed by atoms with Crippen LogP contribution in [0.1, 0.15) is 17.5 Å². The van der Waals surface area contributed by atoms with E-state index in [1.54, 1.807) is 11.8 Å². The summed E-state index contributed by atoms with van der Waals surface area (Å²) in [5.41, 5.74) is 2.56. The zero-order chi connectivity index (χ0) is 20.6. The summed E-state index contributed by atoms with van der Waals surface area (Å²) in [5, 5.41) is 0. The summed E-state index contributed by atoms with van der Waals surface area (Å²) in [6, 6.07) is 29.6. The van der Waals surface area contributed by atoms with Gasteiger partial charge in [0.1, 0.15) is 0 Å². The Morgan fingerprint density at radius 2 is 1.25 bits per heavy atom. The molecule has 0 unspecified atom stereocenters. The van der Waals surface area contributed by atoms with E-state index in [1.807, 2.05) is 11.0 Å². The fourth-order valence-electron chi connectivity index (χ4n) is 3.76. The van der Waals surface area contributed by atoms with Gasteiger partial charge in [-0.15, -0.1) is 24.8 Å². The number of amides is 1. The van der Waals surface area contributed by atoms with Crippen molar-refractivity contribution < 1.29 is 4.79 Å². The summed E-state index contributed by atoms with van der Waals surface area (Å²) < 4.78 is 0. The third kappa shape index (κ3) is 7.86. The van der Waals surface area contributed by atoms with Crippen molar-refractivity contribution in [2.45, 2.75) is 29.2 Å². The number of halogens is 2. The first-order chi connectivity index (χ1) is 14.8. The minimum atomic E-state index is 0. The second-order valence-corrected chi connectivity index (χ2v) is 8.85. The largest absolute Gasteiger partial charge is 0.340 e. The molecule has 0 saturated carbocycles. The van der Waals surface area contributed by atoms with Crippen molar-refractivity contribution in [3.63, 3.8) is 0 Å². The van der Waals surface area contributed by atoms with Crippen LogP contribution in [0.15, 0.2) is 94.7 Å². The maximum absolute atomic E-state index is 12.6. The SMILES string of the molecule is Cl.Cl.O=C(CCc1ccc(Sc2ccccc2)cc1)N1CCN(Cc2ccccc2)CC1. The van der Waals surface area contributed by atoms with Gasteiger partial charge in [-0.25, -0.2) is 0 Å². The van der Waals surface area contributed by atoms with Crippen molar-refractivity contribution in [1.29, 1.82) is 0 Å². The number of hydrogen-bond acceptors (Lipinski definition) is 3. The first-order valence-corrected chi connectivity index (χ1v) is 11.4. The quantitative estimate of drug-likeness (QED) is 0.409. The van der Waals surface area contributed by atoms with Gasteiger partial charge in [-0.1, -0.05) is 72.4 Å². The van der Waals surface area contributed by atoms with Gasteiger partial charge >= 0.3 is 0 Å². The van der Waals surface area contributed by atoms with Gasteiger partial charge in [-0.3, -0.25) is 9.69 Å². The first-order valence-electron chi connectivity index (χ1n) is 10.6. The molecule has 1 fully saturated rings. The predicted molar refractivity (Wildman–Crippen MR) is 138 cm³/mol. The molecule has 1 aliphatic rings. The van der Waals surface area contributed by atoms with E-state index in [2.05, 4.69) is 83.8 Å². The van der Waals surface area contributed by atoms with E-state index in [0.717, 1.165) is 39.1 Å². The summed E-state index contributed by atoms with van der Waals surface area (Å²) >= 11 is 1.76. The second-order valence-electron chi connectivity index (χ2n) is 7.70. The minimum Gasteiger partial charge on any atom is -0.340 e. The third-order valence-electron chi connectivity index (χ3n) is 5.50. The number of aryl methyl sites for hydroxylation is 1. The number of carbonyl (C=O) groups is 1. The zero-order valence-electron chi connectivity index (χ0n) is 18.1. The topological polar surface area (TPSA) is 23.6 Å². The number of piperazine rings is 1. The lowest BCUT2D eigenvalue weighted by molar-refractivity contribution is -0.133. The molecule has 1 saturated heterocycles. The molecule has 32 heavy (non-hydrogen) atoms. The van der Waals surface area contributed by atoms with E-state index in [4.69, 9.17) is 0 Å². The lowest BCUT2D eigenvalue weighted by Gasteiger charge is -2.34. The maximum Gasteiger partial charge on any atom is 0.222 e. The summed E-state index contributed by atoms with van der Waals surface area (Å²) in [4.78, 5) is 19.6. The Bertz CT molecular complexity index is 931. The number of benzene rings is 3. The molecule has 0 radical (unpaired) electrons. The van der Waals surface area contributed by atoms with Gasteiger partial charge in [0.2, 0.25) is 5.91 Å². The summed E-state index contributed by atoms with van der Waals surface area (Å²) in [6.45, 7) is 4.53. The minimum absolute atomic E-state index is 0. The highest BCUT2D eigenvalue weighted by Gasteiger charge is 2.20. The highest BCUT2D eigenvalue weighted by molar-refractivity contribution is 7.99. The Kier molecular flexibility index (Phi) is 11.1. The van der Waals surface area contributed by atoms with Crippen LogP contribution in [0.5, 0.6) is 0 Å². The lowest BCUT2D eigenvalue weighted by atomic mass is 10.1. The predicted octanol–water partition coefficient (Wildman–Crippen LogP) is 5.96. The highest BCUT2D eigenvalue weighted by Crippen LogP contribution is 2.27. The molecule has 3 aromatic carbocycles. The van der Waals surface area contributed by atoms with Crippen molar-refractivity contribution in [2.24, 2.45) is 0 Å². The van der Waals surface area contributed by atoms with E-state index in [-0.39, 0.29) is 30.7 Å². The number of hydrogen-bond donors (Lipinski definition) is 0. The molecular formula is C26H30Cl2N2OS. The monoisotopic (exact) mass is 488 g/mol. The Balaban J connectivity index is 0.00000181. The smallest absolute Gasteiger partial charge is 0.222 e. The Morgan fingerprint density at radius 1 is 0.688 bits per heavy atom. The van der Waals surface area contributed by atoms with E-state index in [9.17, 15) is 4.79 Å². The standard InChI is InChI=1S/C26H28N2OS.2ClH/c29-26(28-19-17-27(18-20-28)21-23-7-3-1-4-8-23)16-13-22-11-14-25(15-12-22)30-24-9-5-2-6-10-24;;/h1-12,14-15H,13,16-21H2;2*1H. The third-order valence-corrected chi connectivity index (χ3v) is 6.52. The summed E-state index contributed by atoms with van der Waals surface area (Å²) in [6.07, 6.45) is 1.39. The van der Waals surface area contributed by atoms with Crippen molar-refractivity contribution in [3.8, 4) is 0 Å². The normalized spacial score (nSPS) is 13.7. The number of nitrogens with zero attached hydrogens (tertiary/aromatic N) is 2. The fraction of sp³-hybridized carbons (Fsp3) is 0.269. The summed E-state index contributed by atoms with van der Waals surface area (Å²) in [7, 11) is 0. The van der Waals surface area contributed by atoms with Crippen LogP contribution in [-0.4, -0.2) is 41.9 Å². The zero-order valence-corrected chi connectivity index (χ0v) is 20.5. The molecule has 0 bridgehead atoms. The van der Waals surface area contributed by atoms with Crippen molar-refractivity contribution in [3.05, 3.63) is 96.1 Å². The van der Waals surface area contributed by atoms with E-state index in [0.29, 0.717) is 6.42 Å². The molecule has 0 aliphatic carbocycles. The van der Waals surface area contributed by atoms with Gasteiger partial charge in [0.05, 0.1) is 0 Å². The van der Waals surface area contributed by atoms with Crippen LogP contribution in [0.25, 0.3) is 0 Å². The van der Waals surface area contributed by atoms with Crippen LogP contribution >= 0.6 is 36.6 Å². The average Bonchev–Trinajstić information content (AvgIpc) is 2.80. The molecule has 0 spiro atoms.